The van der Waals surface area contributed by atoms with Crippen LogP contribution in [0.1, 0.15) is 6.42 Å². The van der Waals surface area contributed by atoms with Crippen molar-refractivity contribution in [2.24, 2.45) is 11.7 Å². The second kappa shape index (κ2) is 6.28. The van der Waals surface area contributed by atoms with Crippen molar-refractivity contribution in [2.45, 2.75) is 11.3 Å². The van der Waals surface area contributed by atoms with Crippen LogP contribution in [0.15, 0.2) is 35.2 Å². The molecule has 1 atom stereocenters. The number of nitrogens with two attached hydrogens (primary N) is 1. The Hall–Kier alpha value is -0.510. The Morgan fingerprint density at radius 3 is 2.88 bits per heavy atom. The van der Waals surface area contributed by atoms with Crippen LogP contribution in [-0.2, 0) is 0 Å². The van der Waals surface area contributed by atoms with Crippen molar-refractivity contribution in [1.29, 1.82) is 0 Å². The van der Waals surface area contributed by atoms with Crippen LogP contribution in [0, 0.1) is 5.92 Å². The van der Waals surface area contributed by atoms with E-state index in [0.717, 1.165) is 19.0 Å². The van der Waals surface area contributed by atoms with Gasteiger partial charge in [0, 0.05) is 30.3 Å². The molecule has 1 fully saturated rings. The zero-order valence-electron chi connectivity index (χ0n) is 9.64. The van der Waals surface area contributed by atoms with Gasteiger partial charge in [0.1, 0.15) is 0 Å². The van der Waals surface area contributed by atoms with Crippen LogP contribution >= 0.6 is 11.8 Å². The molecular formula is C13H20N2S. The lowest BCUT2D eigenvalue weighted by molar-refractivity contribution is 0.338. The van der Waals surface area contributed by atoms with Crippen LogP contribution in [0.3, 0.4) is 0 Å². The molecule has 16 heavy (non-hydrogen) atoms. The maximum atomic E-state index is 5.57. The van der Waals surface area contributed by atoms with E-state index in [0.29, 0.717) is 0 Å². The van der Waals surface area contributed by atoms with Crippen molar-refractivity contribution in [1.82, 2.24) is 4.90 Å². The summed E-state index contributed by atoms with van der Waals surface area (Å²) in [6.45, 7) is 4.32. The molecule has 3 heteroatoms. The lowest BCUT2D eigenvalue weighted by atomic mass is 10.2. The Morgan fingerprint density at radius 1 is 1.31 bits per heavy atom. The van der Waals surface area contributed by atoms with E-state index in [1.165, 1.54) is 30.2 Å². The quantitative estimate of drug-likeness (QED) is 0.794. The molecule has 0 saturated carbocycles. The molecule has 1 aromatic rings. The SMILES string of the molecule is NCCN1CCC(CSc2ccccc2)C1. The summed E-state index contributed by atoms with van der Waals surface area (Å²) in [5.74, 6) is 2.09. The van der Waals surface area contributed by atoms with E-state index in [-0.39, 0.29) is 0 Å². The Bertz CT molecular complexity index is 302. The van der Waals surface area contributed by atoms with Gasteiger partial charge in [0.2, 0.25) is 0 Å². The summed E-state index contributed by atoms with van der Waals surface area (Å²) in [6.07, 6.45) is 1.33. The zero-order valence-corrected chi connectivity index (χ0v) is 10.5. The summed E-state index contributed by atoms with van der Waals surface area (Å²) in [5.41, 5.74) is 5.57. The number of hydrogen-bond acceptors (Lipinski definition) is 3. The van der Waals surface area contributed by atoms with E-state index in [1.807, 2.05) is 11.8 Å². The monoisotopic (exact) mass is 236 g/mol. The van der Waals surface area contributed by atoms with Gasteiger partial charge in [-0.05, 0) is 31.0 Å². The Balaban J connectivity index is 1.72. The van der Waals surface area contributed by atoms with Gasteiger partial charge in [0.05, 0.1) is 0 Å². The summed E-state index contributed by atoms with van der Waals surface area (Å²) >= 11 is 1.98. The van der Waals surface area contributed by atoms with Gasteiger partial charge in [-0.1, -0.05) is 18.2 Å². The molecule has 88 valence electrons. The molecule has 1 saturated heterocycles. The number of thioether (sulfide) groups is 1. The molecular weight excluding hydrogens is 216 g/mol. The number of rotatable bonds is 5. The van der Waals surface area contributed by atoms with Gasteiger partial charge in [0.25, 0.3) is 0 Å². The van der Waals surface area contributed by atoms with Crippen molar-refractivity contribution in [3.63, 3.8) is 0 Å². The molecule has 1 heterocycles. The molecule has 2 N–H and O–H groups in total. The van der Waals surface area contributed by atoms with Crippen LogP contribution in [-0.4, -0.2) is 36.8 Å². The van der Waals surface area contributed by atoms with E-state index in [4.69, 9.17) is 5.73 Å². The molecule has 0 radical (unpaired) electrons. The van der Waals surface area contributed by atoms with Crippen LogP contribution < -0.4 is 5.73 Å². The van der Waals surface area contributed by atoms with Crippen LogP contribution in [0.5, 0.6) is 0 Å². The van der Waals surface area contributed by atoms with Crippen molar-refractivity contribution >= 4 is 11.8 Å². The number of nitrogens with zero attached hydrogens (tertiary/aromatic N) is 1. The largest absolute Gasteiger partial charge is 0.329 e. The molecule has 1 aliphatic rings. The highest BCUT2D eigenvalue weighted by Crippen LogP contribution is 2.25. The van der Waals surface area contributed by atoms with Crippen LogP contribution in [0.4, 0.5) is 0 Å². The van der Waals surface area contributed by atoms with Gasteiger partial charge in [-0.2, -0.15) is 0 Å². The fourth-order valence-corrected chi connectivity index (χ4v) is 3.22. The molecule has 2 nitrogen and oxygen atoms in total. The van der Waals surface area contributed by atoms with Crippen molar-refractivity contribution in [3.8, 4) is 0 Å². The van der Waals surface area contributed by atoms with Gasteiger partial charge in [-0.15, -0.1) is 11.8 Å². The highest BCUT2D eigenvalue weighted by molar-refractivity contribution is 7.99. The molecule has 1 aliphatic heterocycles. The molecule has 0 amide bonds. The van der Waals surface area contributed by atoms with Gasteiger partial charge in [-0.25, -0.2) is 0 Å². The van der Waals surface area contributed by atoms with Gasteiger partial charge < -0.3 is 10.6 Å². The number of benzene rings is 1. The fraction of sp³-hybridized carbons (Fsp3) is 0.538. The van der Waals surface area contributed by atoms with E-state index in [2.05, 4.69) is 35.2 Å². The molecule has 0 spiro atoms. The van der Waals surface area contributed by atoms with Crippen LogP contribution in [0.2, 0.25) is 0 Å². The van der Waals surface area contributed by atoms with E-state index in [1.54, 1.807) is 0 Å². The highest BCUT2D eigenvalue weighted by Gasteiger charge is 2.21. The smallest absolute Gasteiger partial charge is 0.0105 e. The number of likely N-dealkylation sites (tertiary alicyclic amines) is 1. The van der Waals surface area contributed by atoms with Gasteiger partial charge in [0.15, 0.2) is 0 Å². The molecule has 0 aliphatic carbocycles. The average Bonchev–Trinajstić information content (AvgIpc) is 2.76. The highest BCUT2D eigenvalue weighted by atomic mass is 32.2. The Morgan fingerprint density at radius 2 is 2.12 bits per heavy atom. The fourth-order valence-electron chi connectivity index (χ4n) is 2.17. The minimum absolute atomic E-state index is 0.790. The third-order valence-corrected chi connectivity index (χ3v) is 4.29. The average molecular weight is 236 g/mol. The summed E-state index contributed by atoms with van der Waals surface area (Å²) in [6, 6.07) is 10.7. The van der Waals surface area contributed by atoms with E-state index in [9.17, 15) is 0 Å². The molecule has 1 unspecified atom stereocenters. The third kappa shape index (κ3) is 3.51. The maximum Gasteiger partial charge on any atom is 0.0105 e. The van der Waals surface area contributed by atoms with Crippen LogP contribution in [0.25, 0.3) is 0 Å². The molecule has 0 aromatic heterocycles. The lowest BCUT2D eigenvalue weighted by Crippen LogP contribution is -2.27. The minimum atomic E-state index is 0.790. The summed E-state index contributed by atoms with van der Waals surface area (Å²) in [5, 5.41) is 0. The molecule has 1 aromatic carbocycles. The van der Waals surface area contributed by atoms with Gasteiger partial charge >= 0.3 is 0 Å². The van der Waals surface area contributed by atoms with Crippen molar-refractivity contribution in [2.75, 3.05) is 31.9 Å². The summed E-state index contributed by atoms with van der Waals surface area (Å²) < 4.78 is 0. The summed E-state index contributed by atoms with van der Waals surface area (Å²) in [7, 11) is 0. The van der Waals surface area contributed by atoms with E-state index < -0.39 is 0 Å². The first-order valence-electron chi connectivity index (χ1n) is 5.99. The van der Waals surface area contributed by atoms with E-state index >= 15 is 0 Å². The second-order valence-corrected chi connectivity index (χ2v) is 5.46. The normalized spacial score (nSPS) is 21.4. The first kappa shape index (κ1) is 12.0. The first-order chi connectivity index (χ1) is 7.88. The third-order valence-electron chi connectivity index (χ3n) is 3.04. The standard InChI is InChI=1S/C13H20N2S/c14-7-9-15-8-6-12(10-15)11-16-13-4-2-1-3-5-13/h1-5,12H,6-11,14H2. The number of hydrogen-bond donors (Lipinski definition) is 1. The zero-order chi connectivity index (χ0) is 11.2. The van der Waals surface area contributed by atoms with Crippen molar-refractivity contribution in [3.05, 3.63) is 30.3 Å². The predicted molar refractivity (Wildman–Crippen MR) is 70.8 cm³/mol. The molecule has 2 rings (SSSR count). The first-order valence-corrected chi connectivity index (χ1v) is 6.97. The van der Waals surface area contributed by atoms with Crippen molar-refractivity contribution < 1.29 is 0 Å². The predicted octanol–water partition coefficient (Wildman–Crippen LogP) is 2.06. The Labute approximate surface area is 102 Å². The molecule has 0 bridgehead atoms. The lowest BCUT2D eigenvalue weighted by Gasteiger charge is -2.14. The van der Waals surface area contributed by atoms with Gasteiger partial charge in [-0.3, -0.25) is 0 Å². The summed E-state index contributed by atoms with van der Waals surface area (Å²) in [4.78, 5) is 3.87. The topological polar surface area (TPSA) is 29.3 Å². The second-order valence-electron chi connectivity index (χ2n) is 4.37. The minimum Gasteiger partial charge on any atom is -0.329 e. The Kier molecular flexibility index (Phi) is 4.69. The maximum absolute atomic E-state index is 5.57.